The van der Waals surface area contributed by atoms with Gasteiger partial charge in [-0.2, -0.15) is 0 Å². The van der Waals surface area contributed by atoms with E-state index in [0.29, 0.717) is 0 Å². The fourth-order valence-corrected chi connectivity index (χ4v) is 3.14. The molecule has 0 fully saturated rings. The van der Waals surface area contributed by atoms with Gasteiger partial charge in [0.1, 0.15) is 11.4 Å². The summed E-state index contributed by atoms with van der Waals surface area (Å²) in [4.78, 5) is 0. The molecule has 1 aliphatic rings. The molecule has 118 valence electrons. The van der Waals surface area contributed by atoms with Crippen LogP contribution in [0, 0.1) is 5.92 Å². The van der Waals surface area contributed by atoms with E-state index in [4.69, 9.17) is 4.74 Å². The molecular formula is C19H31NO. The highest BCUT2D eigenvalue weighted by molar-refractivity contribution is 5.41. The number of rotatable bonds is 8. The van der Waals surface area contributed by atoms with Crippen molar-refractivity contribution in [1.29, 1.82) is 0 Å². The molecule has 21 heavy (non-hydrogen) atoms. The molecule has 0 saturated carbocycles. The molecule has 1 aromatic rings. The summed E-state index contributed by atoms with van der Waals surface area (Å²) in [7, 11) is 0. The number of unbranched alkanes of at least 4 members (excludes halogenated alkanes) is 1. The minimum absolute atomic E-state index is 0.0398. The van der Waals surface area contributed by atoms with Gasteiger partial charge >= 0.3 is 0 Å². The highest BCUT2D eigenvalue weighted by Gasteiger charge is 2.29. The Hall–Kier alpha value is -1.02. The first-order chi connectivity index (χ1) is 10.0. The zero-order valence-electron chi connectivity index (χ0n) is 14.2. The minimum atomic E-state index is -0.0398. The molecule has 1 aliphatic heterocycles. The van der Waals surface area contributed by atoms with Crippen LogP contribution in [0.2, 0.25) is 0 Å². The normalized spacial score (nSPS) is 17.3. The van der Waals surface area contributed by atoms with Crippen LogP contribution in [0.4, 0.5) is 0 Å². The van der Waals surface area contributed by atoms with E-state index in [9.17, 15) is 0 Å². The Bertz CT molecular complexity index is 453. The van der Waals surface area contributed by atoms with Crippen molar-refractivity contribution in [2.45, 2.75) is 71.9 Å². The second-order valence-electron chi connectivity index (χ2n) is 7.03. The van der Waals surface area contributed by atoms with Gasteiger partial charge in [-0.1, -0.05) is 45.2 Å². The van der Waals surface area contributed by atoms with E-state index in [2.05, 4.69) is 51.2 Å². The molecule has 0 aliphatic carbocycles. The summed E-state index contributed by atoms with van der Waals surface area (Å²) in [6.07, 6.45) is 6.30. The smallest absolute Gasteiger partial charge is 0.123 e. The summed E-state index contributed by atoms with van der Waals surface area (Å²) < 4.78 is 5.93. The first kappa shape index (κ1) is 16.4. The van der Waals surface area contributed by atoms with Gasteiger partial charge in [0, 0.05) is 13.0 Å². The highest BCUT2D eigenvalue weighted by Crippen LogP contribution is 2.35. The van der Waals surface area contributed by atoms with Crippen LogP contribution in [0.1, 0.15) is 64.5 Å². The van der Waals surface area contributed by atoms with Crippen LogP contribution in [0.15, 0.2) is 18.2 Å². The molecule has 1 heterocycles. The van der Waals surface area contributed by atoms with Crippen LogP contribution in [-0.2, 0) is 13.0 Å². The maximum absolute atomic E-state index is 5.93. The Morgan fingerprint density at radius 1 is 1.29 bits per heavy atom. The lowest BCUT2D eigenvalue weighted by molar-refractivity contribution is 0.138. The Kier molecular flexibility index (Phi) is 5.69. The molecule has 0 bridgehead atoms. The van der Waals surface area contributed by atoms with E-state index in [1.165, 1.54) is 36.8 Å². The standard InChI is InChI=1S/C19H31NO/c1-5-7-8-15(6-2)13-20-14-16-9-10-18-17(11-16)12-19(3,4)21-18/h9-11,15,20H,5-8,12-14H2,1-4H3. The third kappa shape index (κ3) is 4.74. The van der Waals surface area contributed by atoms with Crippen molar-refractivity contribution in [2.24, 2.45) is 5.92 Å². The van der Waals surface area contributed by atoms with E-state index in [1.54, 1.807) is 0 Å². The van der Waals surface area contributed by atoms with Crippen molar-refractivity contribution in [3.8, 4) is 5.75 Å². The zero-order chi connectivity index (χ0) is 15.3. The molecule has 0 aromatic heterocycles. The molecule has 1 aromatic carbocycles. The SMILES string of the molecule is CCCCC(CC)CNCc1ccc2c(c1)CC(C)(C)O2. The van der Waals surface area contributed by atoms with Gasteiger partial charge in [0.2, 0.25) is 0 Å². The number of hydrogen-bond donors (Lipinski definition) is 1. The second kappa shape index (κ2) is 7.31. The summed E-state index contributed by atoms with van der Waals surface area (Å²) in [5.41, 5.74) is 2.69. The predicted octanol–water partition coefficient (Wildman–Crippen LogP) is 4.71. The number of fused-ring (bicyclic) bond motifs is 1. The minimum Gasteiger partial charge on any atom is -0.487 e. The van der Waals surface area contributed by atoms with Crippen LogP contribution in [0.5, 0.6) is 5.75 Å². The molecule has 2 nitrogen and oxygen atoms in total. The van der Waals surface area contributed by atoms with Gasteiger partial charge in [-0.25, -0.2) is 0 Å². The fourth-order valence-electron chi connectivity index (χ4n) is 3.14. The lowest BCUT2D eigenvalue weighted by Crippen LogP contribution is -2.24. The Morgan fingerprint density at radius 2 is 2.10 bits per heavy atom. The van der Waals surface area contributed by atoms with Crippen molar-refractivity contribution in [3.63, 3.8) is 0 Å². The zero-order valence-corrected chi connectivity index (χ0v) is 14.2. The maximum Gasteiger partial charge on any atom is 0.123 e. The third-order valence-electron chi connectivity index (χ3n) is 4.43. The third-order valence-corrected chi connectivity index (χ3v) is 4.43. The van der Waals surface area contributed by atoms with E-state index < -0.39 is 0 Å². The maximum atomic E-state index is 5.93. The van der Waals surface area contributed by atoms with Crippen LogP contribution in [0.3, 0.4) is 0 Å². The summed E-state index contributed by atoms with van der Waals surface area (Å²) in [5, 5.41) is 3.63. The quantitative estimate of drug-likeness (QED) is 0.748. The number of hydrogen-bond acceptors (Lipinski definition) is 2. The number of benzene rings is 1. The van der Waals surface area contributed by atoms with Crippen molar-refractivity contribution in [1.82, 2.24) is 5.32 Å². The van der Waals surface area contributed by atoms with Gasteiger partial charge in [-0.05, 0) is 49.9 Å². The second-order valence-corrected chi connectivity index (χ2v) is 7.03. The topological polar surface area (TPSA) is 21.3 Å². The molecule has 1 atom stereocenters. The van der Waals surface area contributed by atoms with Gasteiger partial charge in [0.05, 0.1) is 0 Å². The summed E-state index contributed by atoms with van der Waals surface area (Å²) >= 11 is 0. The van der Waals surface area contributed by atoms with Crippen LogP contribution >= 0.6 is 0 Å². The molecule has 2 rings (SSSR count). The fraction of sp³-hybridized carbons (Fsp3) is 0.684. The van der Waals surface area contributed by atoms with Gasteiger partial charge in [0.15, 0.2) is 0 Å². The molecule has 0 saturated heterocycles. The molecular weight excluding hydrogens is 258 g/mol. The average molecular weight is 289 g/mol. The lowest BCUT2D eigenvalue weighted by atomic mass is 9.99. The van der Waals surface area contributed by atoms with Crippen LogP contribution < -0.4 is 10.1 Å². The first-order valence-electron chi connectivity index (χ1n) is 8.55. The highest BCUT2D eigenvalue weighted by atomic mass is 16.5. The average Bonchev–Trinajstić information content (AvgIpc) is 2.75. The molecule has 1 N–H and O–H groups in total. The van der Waals surface area contributed by atoms with E-state index >= 15 is 0 Å². The van der Waals surface area contributed by atoms with Gasteiger partial charge in [-0.15, -0.1) is 0 Å². The molecule has 2 heteroatoms. The lowest BCUT2D eigenvalue weighted by Gasteiger charge is -2.16. The van der Waals surface area contributed by atoms with Crippen molar-refractivity contribution >= 4 is 0 Å². The van der Waals surface area contributed by atoms with E-state index in [-0.39, 0.29) is 5.60 Å². The first-order valence-corrected chi connectivity index (χ1v) is 8.55. The van der Waals surface area contributed by atoms with Gasteiger partial charge in [-0.3, -0.25) is 0 Å². The van der Waals surface area contributed by atoms with Crippen molar-refractivity contribution < 1.29 is 4.74 Å². The summed E-state index contributed by atoms with van der Waals surface area (Å²) in [6.45, 7) is 11.0. The molecule has 0 radical (unpaired) electrons. The Balaban J connectivity index is 1.82. The predicted molar refractivity (Wildman–Crippen MR) is 89.9 cm³/mol. The van der Waals surface area contributed by atoms with E-state index in [0.717, 1.165) is 31.2 Å². The monoisotopic (exact) mass is 289 g/mol. The number of ether oxygens (including phenoxy) is 1. The molecule has 0 amide bonds. The van der Waals surface area contributed by atoms with Crippen molar-refractivity contribution in [2.75, 3.05) is 6.54 Å². The van der Waals surface area contributed by atoms with E-state index in [1.807, 2.05) is 0 Å². The largest absolute Gasteiger partial charge is 0.487 e. The molecule has 1 unspecified atom stereocenters. The Labute approximate surface area is 130 Å². The van der Waals surface area contributed by atoms with Gasteiger partial charge in [0.25, 0.3) is 0 Å². The number of nitrogens with one attached hydrogen (secondary N) is 1. The van der Waals surface area contributed by atoms with Gasteiger partial charge < -0.3 is 10.1 Å². The van der Waals surface area contributed by atoms with Crippen molar-refractivity contribution in [3.05, 3.63) is 29.3 Å². The summed E-state index contributed by atoms with van der Waals surface area (Å²) in [5.74, 6) is 1.89. The molecule has 0 spiro atoms. The van der Waals surface area contributed by atoms with Crippen LogP contribution in [-0.4, -0.2) is 12.1 Å². The summed E-state index contributed by atoms with van der Waals surface area (Å²) in [6, 6.07) is 6.64. The van der Waals surface area contributed by atoms with Crippen LogP contribution in [0.25, 0.3) is 0 Å². The Morgan fingerprint density at radius 3 is 2.81 bits per heavy atom.